The van der Waals surface area contributed by atoms with Crippen LogP contribution >= 0.6 is 24.8 Å². The van der Waals surface area contributed by atoms with Gasteiger partial charge in [-0.3, -0.25) is 9.69 Å². The Morgan fingerprint density at radius 1 is 1.13 bits per heavy atom. The third-order valence-corrected chi connectivity index (χ3v) is 5.05. The molecule has 0 atom stereocenters. The molecule has 1 aliphatic rings. The standard InChI is InChI=1S/C21H24N4O3.2ClH/c1-27-12-11-24-9-10-25-18-8-7-15(13-17(18)23-20(25)14-24)22-21(26)16-5-3-4-6-19(16)28-2;;/h3-8,13H,9-12,14H2,1-2H3,(H,22,26);2*1H. The highest BCUT2D eigenvalue weighted by Gasteiger charge is 2.20. The predicted molar refractivity (Wildman–Crippen MR) is 122 cm³/mol. The lowest BCUT2D eigenvalue weighted by molar-refractivity contribution is 0.102. The Kier molecular flexibility index (Phi) is 8.49. The second kappa shape index (κ2) is 10.6. The highest BCUT2D eigenvalue weighted by Crippen LogP contribution is 2.25. The van der Waals surface area contributed by atoms with E-state index in [4.69, 9.17) is 14.5 Å². The largest absolute Gasteiger partial charge is 0.496 e. The van der Waals surface area contributed by atoms with Crippen LogP contribution in [0.2, 0.25) is 0 Å². The summed E-state index contributed by atoms with van der Waals surface area (Å²) in [6, 6.07) is 13.0. The first-order valence-electron chi connectivity index (χ1n) is 9.34. The van der Waals surface area contributed by atoms with Gasteiger partial charge in [-0.2, -0.15) is 0 Å². The number of carbonyl (C=O) groups excluding carboxylic acids is 1. The summed E-state index contributed by atoms with van der Waals surface area (Å²) in [6.45, 7) is 4.32. The third-order valence-electron chi connectivity index (χ3n) is 5.05. The van der Waals surface area contributed by atoms with Crippen molar-refractivity contribution < 1.29 is 14.3 Å². The van der Waals surface area contributed by atoms with E-state index in [9.17, 15) is 4.79 Å². The zero-order chi connectivity index (χ0) is 19.5. The van der Waals surface area contributed by atoms with Crippen molar-refractivity contribution in [2.45, 2.75) is 13.1 Å². The number of anilines is 1. The van der Waals surface area contributed by atoms with Crippen LogP contribution in [-0.2, 0) is 17.8 Å². The van der Waals surface area contributed by atoms with E-state index in [0.717, 1.165) is 55.3 Å². The van der Waals surface area contributed by atoms with E-state index in [0.29, 0.717) is 11.3 Å². The topological polar surface area (TPSA) is 68.6 Å². The van der Waals surface area contributed by atoms with E-state index in [2.05, 4.69) is 14.8 Å². The highest BCUT2D eigenvalue weighted by molar-refractivity contribution is 6.06. The quantitative estimate of drug-likeness (QED) is 0.618. The van der Waals surface area contributed by atoms with Gasteiger partial charge in [0, 0.05) is 32.4 Å². The molecule has 0 saturated carbocycles. The van der Waals surface area contributed by atoms with Crippen molar-refractivity contribution in [2.75, 3.05) is 39.2 Å². The summed E-state index contributed by atoms with van der Waals surface area (Å²) < 4.78 is 12.7. The molecular formula is C21H26Cl2N4O3. The maximum absolute atomic E-state index is 12.6. The normalized spacial score (nSPS) is 13.1. The molecule has 7 nitrogen and oxygen atoms in total. The molecule has 0 radical (unpaired) electrons. The van der Waals surface area contributed by atoms with E-state index >= 15 is 0 Å². The lowest BCUT2D eigenvalue weighted by Gasteiger charge is -2.27. The number of halogens is 2. The van der Waals surface area contributed by atoms with E-state index in [1.165, 1.54) is 0 Å². The van der Waals surface area contributed by atoms with Crippen LogP contribution in [0.25, 0.3) is 11.0 Å². The van der Waals surface area contributed by atoms with Crippen molar-refractivity contribution in [3.05, 3.63) is 53.9 Å². The van der Waals surface area contributed by atoms with Gasteiger partial charge in [0.05, 0.1) is 36.9 Å². The first kappa shape index (κ1) is 24.0. The van der Waals surface area contributed by atoms with Crippen molar-refractivity contribution >= 4 is 47.4 Å². The molecule has 0 bridgehead atoms. The average molecular weight is 453 g/mol. The second-order valence-electron chi connectivity index (χ2n) is 6.81. The Bertz CT molecular complexity index is 1010. The summed E-state index contributed by atoms with van der Waals surface area (Å²) in [6.07, 6.45) is 0. The van der Waals surface area contributed by atoms with Gasteiger partial charge in [-0.1, -0.05) is 12.1 Å². The molecule has 4 rings (SSSR count). The Labute approximate surface area is 188 Å². The van der Waals surface area contributed by atoms with Gasteiger partial charge in [-0.05, 0) is 30.3 Å². The smallest absolute Gasteiger partial charge is 0.259 e. The molecule has 1 amide bonds. The van der Waals surface area contributed by atoms with Crippen LogP contribution in [0.15, 0.2) is 42.5 Å². The van der Waals surface area contributed by atoms with E-state index in [1.54, 1.807) is 26.4 Å². The average Bonchev–Trinajstić information content (AvgIpc) is 3.08. The number of ether oxygens (including phenoxy) is 2. The second-order valence-corrected chi connectivity index (χ2v) is 6.81. The van der Waals surface area contributed by atoms with Crippen molar-refractivity contribution in [2.24, 2.45) is 0 Å². The lowest BCUT2D eigenvalue weighted by Crippen LogP contribution is -2.35. The van der Waals surface area contributed by atoms with Crippen LogP contribution < -0.4 is 10.1 Å². The number of hydrogen-bond acceptors (Lipinski definition) is 5. The molecule has 9 heteroatoms. The van der Waals surface area contributed by atoms with Crippen LogP contribution in [0.5, 0.6) is 5.75 Å². The first-order valence-corrected chi connectivity index (χ1v) is 9.34. The monoisotopic (exact) mass is 452 g/mol. The first-order chi connectivity index (χ1) is 13.7. The zero-order valence-electron chi connectivity index (χ0n) is 17.0. The molecule has 2 aromatic carbocycles. The molecule has 0 aliphatic carbocycles. The fraction of sp³-hybridized carbons (Fsp3) is 0.333. The Hall–Kier alpha value is -2.32. The fourth-order valence-electron chi connectivity index (χ4n) is 3.59. The number of aromatic nitrogens is 2. The molecule has 1 aromatic heterocycles. The number of carbonyl (C=O) groups is 1. The minimum atomic E-state index is -0.202. The van der Waals surface area contributed by atoms with Crippen molar-refractivity contribution in [1.29, 1.82) is 0 Å². The summed E-state index contributed by atoms with van der Waals surface area (Å²) in [5, 5.41) is 2.95. The molecular weight excluding hydrogens is 427 g/mol. The Morgan fingerprint density at radius 2 is 1.93 bits per heavy atom. The van der Waals surface area contributed by atoms with Gasteiger partial charge in [-0.25, -0.2) is 4.98 Å². The number of amides is 1. The number of nitrogens with zero attached hydrogens (tertiary/aromatic N) is 3. The van der Waals surface area contributed by atoms with Crippen LogP contribution in [0.3, 0.4) is 0 Å². The summed E-state index contributed by atoms with van der Waals surface area (Å²) in [7, 11) is 3.28. The van der Waals surface area contributed by atoms with Crippen LogP contribution in [0, 0.1) is 0 Å². The van der Waals surface area contributed by atoms with Gasteiger partial charge in [0.15, 0.2) is 0 Å². The SMILES string of the molecule is COCCN1CCn2c(nc3cc(NC(=O)c4ccccc4OC)ccc32)C1.Cl.Cl. The minimum absolute atomic E-state index is 0. The maximum Gasteiger partial charge on any atom is 0.259 e. The summed E-state index contributed by atoms with van der Waals surface area (Å²) in [5.74, 6) is 1.40. The van der Waals surface area contributed by atoms with Crippen LogP contribution in [-0.4, -0.2) is 54.3 Å². The number of nitrogens with one attached hydrogen (secondary N) is 1. The Balaban J connectivity index is 0.00000160. The van der Waals surface area contributed by atoms with E-state index in [-0.39, 0.29) is 30.7 Å². The number of fused-ring (bicyclic) bond motifs is 3. The summed E-state index contributed by atoms with van der Waals surface area (Å²) >= 11 is 0. The number of methoxy groups -OCH3 is 2. The fourth-order valence-corrected chi connectivity index (χ4v) is 3.59. The molecule has 162 valence electrons. The van der Waals surface area contributed by atoms with Gasteiger partial charge >= 0.3 is 0 Å². The maximum atomic E-state index is 12.6. The number of rotatable bonds is 6. The predicted octanol–water partition coefficient (Wildman–Crippen LogP) is 3.60. The number of hydrogen-bond donors (Lipinski definition) is 1. The number of para-hydroxylation sites is 1. The van der Waals surface area contributed by atoms with Gasteiger partial charge in [0.1, 0.15) is 11.6 Å². The molecule has 0 saturated heterocycles. The van der Waals surface area contributed by atoms with Crippen molar-refractivity contribution in [3.8, 4) is 5.75 Å². The highest BCUT2D eigenvalue weighted by atomic mass is 35.5. The van der Waals surface area contributed by atoms with Crippen molar-refractivity contribution in [1.82, 2.24) is 14.5 Å². The Morgan fingerprint density at radius 3 is 2.70 bits per heavy atom. The summed E-state index contributed by atoms with van der Waals surface area (Å²) in [5.41, 5.74) is 3.20. The van der Waals surface area contributed by atoms with E-state index in [1.807, 2.05) is 30.3 Å². The molecule has 1 aliphatic heterocycles. The van der Waals surface area contributed by atoms with Crippen LogP contribution in [0.4, 0.5) is 5.69 Å². The molecule has 0 spiro atoms. The van der Waals surface area contributed by atoms with Gasteiger partial charge in [0.25, 0.3) is 5.91 Å². The molecule has 3 aromatic rings. The molecule has 0 fully saturated rings. The summed E-state index contributed by atoms with van der Waals surface area (Å²) in [4.78, 5) is 19.8. The van der Waals surface area contributed by atoms with Crippen molar-refractivity contribution in [3.63, 3.8) is 0 Å². The van der Waals surface area contributed by atoms with Gasteiger partial charge in [-0.15, -0.1) is 24.8 Å². The zero-order valence-corrected chi connectivity index (χ0v) is 18.6. The molecule has 1 N–H and O–H groups in total. The molecule has 0 unspecified atom stereocenters. The lowest BCUT2D eigenvalue weighted by atomic mass is 10.2. The molecule has 30 heavy (non-hydrogen) atoms. The number of imidazole rings is 1. The minimum Gasteiger partial charge on any atom is -0.496 e. The third kappa shape index (κ3) is 4.87. The van der Waals surface area contributed by atoms with Gasteiger partial charge in [0.2, 0.25) is 0 Å². The number of benzene rings is 2. The van der Waals surface area contributed by atoms with Crippen LogP contribution in [0.1, 0.15) is 16.2 Å². The van der Waals surface area contributed by atoms with E-state index < -0.39 is 0 Å². The molecule has 2 heterocycles. The van der Waals surface area contributed by atoms with Gasteiger partial charge < -0.3 is 19.4 Å².